The van der Waals surface area contributed by atoms with Crippen LogP contribution in [-0.2, 0) is 4.57 Å². The average molecular weight is 383 g/mol. The van der Waals surface area contributed by atoms with Crippen molar-refractivity contribution in [2.45, 2.75) is 75.6 Å². The predicted octanol–water partition coefficient (Wildman–Crippen LogP) is 1.67. The topological polar surface area (TPSA) is 86.2 Å². The van der Waals surface area contributed by atoms with Gasteiger partial charge in [-0.3, -0.25) is 0 Å². The van der Waals surface area contributed by atoms with Crippen LogP contribution in [0.4, 0.5) is 0 Å². The molecule has 0 bridgehead atoms. The maximum Gasteiger partial charge on any atom is -0.159 e. The van der Waals surface area contributed by atoms with Gasteiger partial charge < -0.3 is 19.2 Å². The number of phosphoric acid groups is 1. The zero-order valence-electron chi connectivity index (χ0n) is 11.4. The van der Waals surface area contributed by atoms with Crippen molar-refractivity contribution in [3.63, 3.8) is 0 Å². The maximum atomic E-state index is 8.55. The number of unbranched alkanes of at least 4 members (excludes halogenated alkanes) is 9. The van der Waals surface area contributed by atoms with Crippen LogP contribution in [0, 0.1) is 0 Å². The first kappa shape index (κ1) is 21.2. The van der Waals surface area contributed by atoms with Gasteiger partial charge in [0.25, 0.3) is 0 Å². The summed E-state index contributed by atoms with van der Waals surface area (Å²) in [6.07, 6.45) is 14.7. The summed E-state index contributed by atoms with van der Waals surface area (Å²) in [7, 11) is -5.39. The molecule has 0 atom stereocenters. The Morgan fingerprint density at radius 1 is 0.778 bits per heavy atom. The van der Waals surface area contributed by atoms with Gasteiger partial charge in [-0.05, 0) is 0 Å². The molecule has 0 aromatic rings. The molecule has 106 valence electrons. The Kier molecular flexibility index (Phi) is 18.8. The third-order valence-corrected chi connectivity index (χ3v) is 3.54. The molecule has 0 N–H and O–H groups in total. The van der Waals surface area contributed by atoms with E-state index >= 15 is 0 Å². The molecule has 6 heteroatoms. The second-order valence-corrected chi connectivity index (χ2v) is 6.70. The number of hydrogen-bond donors (Lipinski definition) is 0. The molecule has 4 nitrogen and oxygen atoms in total. The molecule has 18 heavy (non-hydrogen) atoms. The number of hydrogen-bond acceptors (Lipinski definition) is 4. The van der Waals surface area contributed by atoms with Gasteiger partial charge in [-0.25, -0.2) is 0 Å². The van der Waals surface area contributed by atoms with Crippen molar-refractivity contribution >= 4 is 30.3 Å². The Hall–Kier alpha value is 0.909. The summed E-state index contributed by atoms with van der Waals surface area (Å²) >= 11 is 1.72. The maximum absolute atomic E-state index is 8.55. The van der Waals surface area contributed by atoms with Gasteiger partial charge in [0, 0.05) is 0 Å². The van der Waals surface area contributed by atoms with Crippen LogP contribution < -0.4 is 14.7 Å². The molecule has 0 saturated heterocycles. The van der Waals surface area contributed by atoms with E-state index in [0.29, 0.717) is 0 Å². The zero-order valence-corrected chi connectivity index (χ0v) is 15.1. The van der Waals surface area contributed by atoms with Crippen LogP contribution in [0.15, 0.2) is 0 Å². The van der Waals surface area contributed by atoms with E-state index in [9.17, 15) is 0 Å². The third-order valence-electron chi connectivity index (χ3n) is 2.53. The Bertz CT molecular complexity index is 178. The van der Waals surface area contributed by atoms with Gasteiger partial charge in [0.2, 0.25) is 0 Å². The molecule has 0 spiro atoms. The molecule has 0 radical (unpaired) electrons. The van der Waals surface area contributed by atoms with Crippen LogP contribution in [-0.4, -0.2) is 22.5 Å². The van der Waals surface area contributed by atoms with Gasteiger partial charge in [-0.15, -0.1) is 0 Å². The van der Waals surface area contributed by atoms with Gasteiger partial charge >= 0.3 is 98.1 Å². The molecule has 0 unspecified atom stereocenters. The largest absolute Gasteiger partial charge is 0.822 e. The van der Waals surface area contributed by atoms with Crippen LogP contribution in [0.3, 0.4) is 0 Å². The van der Waals surface area contributed by atoms with E-state index in [0.717, 1.165) is 0 Å². The standard InChI is InChI=1S/C12H25.H3O4P.Sn/c1-3-5-7-9-11-12-10-8-6-4-2;1-5(2,3)4;/h1,3-12H2,2H3;(H3,1,2,3,4);/q;;+3/p-3. The van der Waals surface area contributed by atoms with E-state index in [1.807, 2.05) is 0 Å². The van der Waals surface area contributed by atoms with E-state index in [4.69, 9.17) is 19.2 Å². The SMILES string of the molecule is CCCCCCCCCCC[CH2][Sn+3].O=P([O-])([O-])[O-]. The molecular weight excluding hydrogens is 358 g/mol. The first-order valence-electron chi connectivity index (χ1n) is 6.79. The molecule has 0 aromatic heterocycles. The molecule has 0 saturated carbocycles. The molecule has 0 amide bonds. The average Bonchev–Trinajstić information content (AvgIpc) is 2.25. The van der Waals surface area contributed by atoms with Crippen LogP contribution in [0.5, 0.6) is 0 Å². The van der Waals surface area contributed by atoms with Crippen LogP contribution in [0.25, 0.3) is 0 Å². The molecule has 0 aliphatic carbocycles. The minimum atomic E-state index is -5.39. The van der Waals surface area contributed by atoms with E-state index in [1.165, 1.54) is 68.6 Å². The van der Waals surface area contributed by atoms with Crippen molar-refractivity contribution < 1.29 is 19.2 Å². The molecule has 0 fully saturated rings. The van der Waals surface area contributed by atoms with Gasteiger partial charge in [-0.1, -0.05) is 0 Å². The van der Waals surface area contributed by atoms with E-state index in [-0.39, 0.29) is 0 Å². The summed E-state index contributed by atoms with van der Waals surface area (Å²) in [5.41, 5.74) is 0. The van der Waals surface area contributed by atoms with E-state index < -0.39 is 7.82 Å². The van der Waals surface area contributed by atoms with Crippen molar-refractivity contribution in [3.05, 3.63) is 0 Å². The summed E-state index contributed by atoms with van der Waals surface area (Å²) in [5, 5.41) is 0. The Morgan fingerprint density at radius 3 is 1.33 bits per heavy atom. The molecule has 0 heterocycles. The summed E-state index contributed by atoms with van der Waals surface area (Å²) < 4.78 is 10.0. The monoisotopic (exact) mass is 384 g/mol. The van der Waals surface area contributed by atoms with Crippen molar-refractivity contribution in [1.29, 1.82) is 0 Å². The Morgan fingerprint density at radius 2 is 1.06 bits per heavy atom. The fourth-order valence-electron chi connectivity index (χ4n) is 1.61. The van der Waals surface area contributed by atoms with Gasteiger partial charge in [0.05, 0.1) is 0 Å². The molecule has 0 aliphatic rings. The normalized spacial score (nSPS) is 11.0. The van der Waals surface area contributed by atoms with Crippen molar-refractivity contribution in [2.75, 3.05) is 0 Å². The zero-order chi connectivity index (χ0) is 14.3. The fourth-order valence-corrected chi connectivity index (χ4v) is 2.33. The van der Waals surface area contributed by atoms with E-state index in [2.05, 4.69) is 6.92 Å². The predicted molar refractivity (Wildman–Crippen MR) is 70.0 cm³/mol. The smallest absolute Gasteiger partial charge is 0.159 e. The summed E-state index contributed by atoms with van der Waals surface area (Å²) in [4.78, 5) is 25.6. The minimum absolute atomic E-state index is 1.37. The van der Waals surface area contributed by atoms with Gasteiger partial charge in [0.15, 0.2) is 0 Å². The molecule has 0 aliphatic heterocycles. The summed E-state index contributed by atoms with van der Waals surface area (Å²) in [5.74, 6) is 0. The van der Waals surface area contributed by atoms with Crippen molar-refractivity contribution in [3.8, 4) is 0 Å². The quantitative estimate of drug-likeness (QED) is 0.326. The van der Waals surface area contributed by atoms with Gasteiger partial charge in [-0.2, -0.15) is 7.82 Å². The summed E-state index contributed by atoms with van der Waals surface area (Å²) in [6, 6.07) is 0. The Balaban J connectivity index is 0. The third kappa shape index (κ3) is 36.0. The molecule has 0 rings (SSSR count). The molecular formula is C12H25O4PSn. The first-order valence-corrected chi connectivity index (χ1v) is 10.3. The second-order valence-electron chi connectivity index (χ2n) is 4.38. The fraction of sp³-hybridized carbons (Fsp3) is 1.00. The van der Waals surface area contributed by atoms with Crippen molar-refractivity contribution in [1.82, 2.24) is 0 Å². The van der Waals surface area contributed by atoms with Crippen LogP contribution >= 0.6 is 7.82 Å². The summed E-state index contributed by atoms with van der Waals surface area (Å²) in [6.45, 7) is 2.28. The minimum Gasteiger partial charge on any atom is -0.822 e. The van der Waals surface area contributed by atoms with Crippen LogP contribution in [0.2, 0.25) is 4.44 Å². The first-order chi connectivity index (χ1) is 8.41. The van der Waals surface area contributed by atoms with Crippen LogP contribution in [0.1, 0.15) is 71.1 Å². The molecule has 0 aromatic carbocycles. The number of rotatable bonds is 10. The second kappa shape index (κ2) is 16.0. The Labute approximate surface area is 125 Å². The van der Waals surface area contributed by atoms with Crippen molar-refractivity contribution in [2.24, 2.45) is 0 Å². The van der Waals surface area contributed by atoms with E-state index in [1.54, 1.807) is 22.5 Å². The van der Waals surface area contributed by atoms with Gasteiger partial charge in [0.1, 0.15) is 0 Å².